The van der Waals surface area contributed by atoms with E-state index in [1.165, 1.54) is 23.5 Å². The monoisotopic (exact) mass is 339 g/mol. The Hall–Kier alpha value is -1.66. The van der Waals surface area contributed by atoms with E-state index in [9.17, 15) is 14.3 Å². The summed E-state index contributed by atoms with van der Waals surface area (Å²) in [5.41, 5.74) is 2.15. The van der Waals surface area contributed by atoms with Crippen LogP contribution in [0.3, 0.4) is 0 Å². The summed E-state index contributed by atoms with van der Waals surface area (Å²) in [4.78, 5) is 14.2. The van der Waals surface area contributed by atoms with Gasteiger partial charge in [-0.3, -0.25) is 0 Å². The first kappa shape index (κ1) is 12.4. The summed E-state index contributed by atoms with van der Waals surface area (Å²) in [6.07, 6.45) is 0. The molecule has 1 aromatic carbocycles. The van der Waals surface area contributed by atoms with E-state index in [1.54, 1.807) is 12.1 Å². The third-order valence-corrected chi connectivity index (χ3v) is 4.75. The summed E-state index contributed by atoms with van der Waals surface area (Å²) in [6.45, 7) is 0. The van der Waals surface area contributed by atoms with Crippen LogP contribution < -0.4 is 0 Å². The maximum absolute atomic E-state index is 13.0. The minimum Gasteiger partial charge on any atom is -0.477 e. The smallest absolute Gasteiger partial charge is 0.353 e. The first-order valence-electron chi connectivity index (χ1n) is 5.36. The summed E-state index contributed by atoms with van der Waals surface area (Å²) < 4.78 is 14.6. The zero-order valence-corrected chi connectivity index (χ0v) is 11.8. The van der Waals surface area contributed by atoms with E-state index in [1.807, 2.05) is 5.38 Å². The van der Waals surface area contributed by atoms with Gasteiger partial charge in [0.25, 0.3) is 0 Å². The molecular weight excluding hydrogens is 333 g/mol. The number of hydrogen-bond donors (Lipinski definition) is 2. The number of halogens is 2. The third-order valence-electron chi connectivity index (χ3n) is 2.82. The van der Waals surface area contributed by atoms with Crippen molar-refractivity contribution in [1.82, 2.24) is 4.98 Å². The Morgan fingerprint density at radius 1 is 1.32 bits per heavy atom. The molecule has 0 aliphatic carbocycles. The number of aromatic nitrogens is 1. The lowest BCUT2D eigenvalue weighted by Crippen LogP contribution is -1.98. The molecule has 0 amide bonds. The molecule has 3 nitrogen and oxygen atoms in total. The Morgan fingerprint density at radius 3 is 2.63 bits per heavy atom. The van der Waals surface area contributed by atoms with Gasteiger partial charge < -0.3 is 10.1 Å². The van der Waals surface area contributed by atoms with Crippen LogP contribution in [0.1, 0.15) is 10.5 Å². The number of fused-ring (bicyclic) bond motifs is 1. The minimum atomic E-state index is -1.03. The van der Waals surface area contributed by atoms with E-state index in [0.717, 1.165) is 14.7 Å². The number of aromatic carboxylic acids is 1. The maximum atomic E-state index is 13.0. The lowest BCUT2D eigenvalue weighted by Gasteiger charge is -2.01. The van der Waals surface area contributed by atoms with Crippen molar-refractivity contribution in [3.63, 3.8) is 0 Å². The van der Waals surface area contributed by atoms with Crippen LogP contribution in [-0.2, 0) is 0 Å². The van der Waals surface area contributed by atoms with Crippen molar-refractivity contribution >= 4 is 43.5 Å². The van der Waals surface area contributed by atoms with Crippen molar-refractivity contribution in [1.29, 1.82) is 0 Å². The van der Waals surface area contributed by atoms with Gasteiger partial charge in [0.1, 0.15) is 11.5 Å². The third kappa shape index (κ3) is 1.97. The second-order valence-electron chi connectivity index (χ2n) is 3.97. The van der Waals surface area contributed by atoms with Gasteiger partial charge >= 0.3 is 5.97 Å². The Labute approximate surface area is 119 Å². The lowest BCUT2D eigenvalue weighted by atomic mass is 10.1. The molecular formula is C13H7BrFNO2S. The SMILES string of the molecule is O=C(O)c1[nH]c2c(Br)csc2c1-c1ccc(F)cc1. The van der Waals surface area contributed by atoms with E-state index in [-0.39, 0.29) is 11.5 Å². The Kier molecular flexibility index (Phi) is 2.91. The van der Waals surface area contributed by atoms with Gasteiger partial charge in [-0.25, -0.2) is 9.18 Å². The summed E-state index contributed by atoms with van der Waals surface area (Å²) in [7, 11) is 0. The van der Waals surface area contributed by atoms with E-state index in [0.29, 0.717) is 11.1 Å². The summed E-state index contributed by atoms with van der Waals surface area (Å²) in [5, 5.41) is 11.2. The predicted molar refractivity (Wildman–Crippen MR) is 76.2 cm³/mol. The van der Waals surface area contributed by atoms with Crippen molar-refractivity contribution in [3.8, 4) is 11.1 Å². The van der Waals surface area contributed by atoms with E-state index < -0.39 is 5.97 Å². The van der Waals surface area contributed by atoms with Crippen molar-refractivity contribution in [2.45, 2.75) is 0 Å². The second-order valence-corrected chi connectivity index (χ2v) is 5.71. The number of carbonyl (C=O) groups is 1. The zero-order valence-electron chi connectivity index (χ0n) is 9.41. The van der Waals surface area contributed by atoms with Crippen LogP contribution in [0.4, 0.5) is 4.39 Å². The molecule has 0 aliphatic rings. The molecule has 0 unspecified atom stereocenters. The first-order valence-corrected chi connectivity index (χ1v) is 7.03. The van der Waals surface area contributed by atoms with E-state index >= 15 is 0 Å². The highest BCUT2D eigenvalue weighted by Gasteiger charge is 2.21. The number of benzene rings is 1. The van der Waals surface area contributed by atoms with Crippen molar-refractivity contribution < 1.29 is 14.3 Å². The molecule has 6 heteroatoms. The quantitative estimate of drug-likeness (QED) is 0.722. The van der Waals surface area contributed by atoms with E-state index in [4.69, 9.17) is 0 Å². The van der Waals surface area contributed by atoms with Crippen LogP contribution in [0.5, 0.6) is 0 Å². The average molecular weight is 340 g/mol. The van der Waals surface area contributed by atoms with Crippen LogP contribution in [-0.4, -0.2) is 16.1 Å². The van der Waals surface area contributed by atoms with Gasteiger partial charge in [-0.05, 0) is 33.6 Å². The first-order chi connectivity index (χ1) is 9.08. The molecule has 0 saturated heterocycles. The predicted octanol–water partition coefficient (Wildman–Crippen LogP) is 4.50. The topological polar surface area (TPSA) is 53.1 Å². The van der Waals surface area contributed by atoms with Gasteiger partial charge in [0.05, 0.1) is 14.7 Å². The largest absolute Gasteiger partial charge is 0.477 e. The van der Waals surface area contributed by atoms with Gasteiger partial charge in [0.15, 0.2) is 0 Å². The molecule has 0 aliphatic heterocycles. The second kappa shape index (κ2) is 4.47. The Bertz CT molecular complexity index is 776. The number of carboxylic acids is 1. The number of aromatic amines is 1. The number of thiophene rings is 1. The zero-order chi connectivity index (χ0) is 13.6. The molecule has 0 bridgehead atoms. The molecule has 0 fully saturated rings. The minimum absolute atomic E-state index is 0.120. The molecule has 96 valence electrons. The van der Waals surface area contributed by atoms with Gasteiger partial charge in [0, 0.05) is 10.9 Å². The highest BCUT2D eigenvalue weighted by atomic mass is 79.9. The molecule has 0 radical (unpaired) electrons. The lowest BCUT2D eigenvalue weighted by molar-refractivity contribution is 0.0692. The fraction of sp³-hybridized carbons (Fsp3) is 0. The number of nitrogens with one attached hydrogen (secondary N) is 1. The van der Waals surface area contributed by atoms with Crippen molar-refractivity contribution in [3.05, 3.63) is 45.6 Å². The number of H-pyrrole nitrogens is 1. The summed E-state index contributed by atoms with van der Waals surface area (Å²) >= 11 is 4.82. The van der Waals surface area contributed by atoms with Crippen molar-refractivity contribution in [2.75, 3.05) is 0 Å². The van der Waals surface area contributed by atoms with Crippen LogP contribution in [0.15, 0.2) is 34.1 Å². The normalized spacial score (nSPS) is 11.1. The van der Waals surface area contributed by atoms with Gasteiger partial charge in [-0.1, -0.05) is 12.1 Å². The highest BCUT2D eigenvalue weighted by Crippen LogP contribution is 2.39. The number of carboxylic acid groups (broad SMARTS) is 1. The summed E-state index contributed by atoms with van der Waals surface area (Å²) in [6, 6.07) is 5.81. The van der Waals surface area contributed by atoms with Gasteiger partial charge in [0.2, 0.25) is 0 Å². The molecule has 0 spiro atoms. The Morgan fingerprint density at radius 2 is 2.00 bits per heavy atom. The van der Waals surface area contributed by atoms with Crippen LogP contribution >= 0.6 is 27.3 Å². The van der Waals surface area contributed by atoms with Crippen molar-refractivity contribution in [2.24, 2.45) is 0 Å². The maximum Gasteiger partial charge on any atom is 0.353 e. The molecule has 0 atom stereocenters. The molecule has 2 aromatic heterocycles. The van der Waals surface area contributed by atoms with Gasteiger partial charge in [-0.2, -0.15) is 0 Å². The van der Waals surface area contributed by atoms with Gasteiger partial charge in [-0.15, -0.1) is 11.3 Å². The number of hydrogen-bond acceptors (Lipinski definition) is 2. The molecule has 0 saturated carbocycles. The standard InChI is InChI=1S/C13H7BrFNO2S/c14-8-5-19-12-9(6-1-3-7(15)4-2-6)11(13(17)18)16-10(8)12/h1-5,16H,(H,17,18). The molecule has 3 rings (SSSR count). The molecule has 19 heavy (non-hydrogen) atoms. The molecule has 2 N–H and O–H groups in total. The average Bonchev–Trinajstić information content (AvgIpc) is 2.91. The number of rotatable bonds is 2. The van der Waals surface area contributed by atoms with Crippen LogP contribution in [0, 0.1) is 5.82 Å². The van der Waals surface area contributed by atoms with Crippen LogP contribution in [0.25, 0.3) is 21.3 Å². The fourth-order valence-electron chi connectivity index (χ4n) is 1.99. The summed E-state index contributed by atoms with van der Waals surface area (Å²) in [5.74, 6) is -1.38. The Balaban J connectivity index is 2.34. The fourth-order valence-corrected chi connectivity index (χ4v) is 3.66. The van der Waals surface area contributed by atoms with E-state index in [2.05, 4.69) is 20.9 Å². The molecule has 2 heterocycles. The van der Waals surface area contributed by atoms with Crippen LogP contribution in [0.2, 0.25) is 0 Å². The molecule has 3 aromatic rings. The highest BCUT2D eigenvalue weighted by molar-refractivity contribution is 9.10.